The minimum Gasteiger partial charge on any atom is -0.301 e. The number of thioether (sulfide) groups is 1. The highest BCUT2D eigenvalue weighted by Crippen LogP contribution is 2.29. The molecule has 36 heavy (non-hydrogen) atoms. The molecule has 1 N–H and O–H groups in total. The molecule has 0 saturated heterocycles. The summed E-state index contributed by atoms with van der Waals surface area (Å²) in [6.07, 6.45) is 5.77. The third kappa shape index (κ3) is 5.76. The van der Waals surface area contributed by atoms with Crippen LogP contribution < -0.4 is 5.32 Å². The molecule has 5 rings (SSSR count). The van der Waals surface area contributed by atoms with Crippen LogP contribution in [0, 0.1) is 0 Å². The Bertz CT molecular complexity index is 1490. The lowest BCUT2D eigenvalue weighted by atomic mass is 10.1. The molecular formula is C25H18Cl2N6OS2. The van der Waals surface area contributed by atoms with E-state index in [2.05, 4.69) is 25.5 Å². The Kier molecular flexibility index (Phi) is 7.62. The number of aromatic nitrogens is 5. The summed E-state index contributed by atoms with van der Waals surface area (Å²) in [5, 5.41) is 13.9. The second-order valence-electron chi connectivity index (χ2n) is 7.59. The molecule has 0 aliphatic heterocycles. The third-order valence-corrected chi connectivity index (χ3v) is 7.53. The summed E-state index contributed by atoms with van der Waals surface area (Å²) < 4.78 is 1.94. The molecule has 1 amide bonds. The maximum Gasteiger partial charge on any atom is 0.236 e. The van der Waals surface area contributed by atoms with Crippen LogP contribution in [0.25, 0.3) is 17.1 Å². The average molecular weight is 554 g/mol. The van der Waals surface area contributed by atoms with Crippen LogP contribution in [0.4, 0.5) is 5.13 Å². The van der Waals surface area contributed by atoms with E-state index in [9.17, 15) is 4.79 Å². The maximum absolute atomic E-state index is 12.7. The lowest BCUT2D eigenvalue weighted by molar-refractivity contribution is -0.113. The molecule has 3 aromatic heterocycles. The van der Waals surface area contributed by atoms with Crippen LogP contribution in [0.15, 0.2) is 84.4 Å². The fourth-order valence-corrected chi connectivity index (χ4v) is 5.53. The molecule has 0 fully saturated rings. The SMILES string of the molecule is O=C(CSc1nnc(-c2ccncc2)n1-c1ccccc1)Nc1ncc(Cc2ccc(Cl)cc2Cl)s1. The number of halogens is 2. The first-order chi connectivity index (χ1) is 17.6. The van der Waals surface area contributed by atoms with E-state index in [1.54, 1.807) is 30.7 Å². The zero-order valence-electron chi connectivity index (χ0n) is 18.6. The molecule has 0 atom stereocenters. The molecule has 11 heteroatoms. The number of amides is 1. The van der Waals surface area contributed by atoms with Crippen LogP contribution in [0.5, 0.6) is 0 Å². The number of nitrogens with one attached hydrogen (secondary N) is 1. The molecule has 180 valence electrons. The second-order valence-corrected chi connectivity index (χ2v) is 10.5. The van der Waals surface area contributed by atoms with Crippen molar-refractivity contribution >= 4 is 57.3 Å². The molecule has 0 saturated carbocycles. The van der Waals surface area contributed by atoms with E-state index in [4.69, 9.17) is 23.2 Å². The van der Waals surface area contributed by atoms with Gasteiger partial charge in [0.2, 0.25) is 5.91 Å². The summed E-state index contributed by atoms with van der Waals surface area (Å²) >= 11 is 15.0. The number of hydrogen-bond acceptors (Lipinski definition) is 7. The van der Waals surface area contributed by atoms with Gasteiger partial charge in [0.25, 0.3) is 0 Å². The van der Waals surface area contributed by atoms with Crippen molar-refractivity contribution in [2.75, 3.05) is 11.1 Å². The van der Waals surface area contributed by atoms with Crippen molar-refractivity contribution in [3.05, 3.63) is 99.7 Å². The summed E-state index contributed by atoms with van der Waals surface area (Å²) in [5.41, 5.74) is 2.74. The van der Waals surface area contributed by atoms with Gasteiger partial charge in [0.15, 0.2) is 16.1 Å². The van der Waals surface area contributed by atoms with Gasteiger partial charge in [-0.05, 0) is 42.0 Å². The van der Waals surface area contributed by atoms with Gasteiger partial charge in [-0.15, -0.1) is 21.5 Å². The van der Waals surface area contributed by atoms with Gasteiger partial charge in [0.1, 0.15) is 0 Å². The van der Waals surface area contributed by atoms with E-state index in [1.165, 1.54) is 23.1 Å². The standard InChI is InChI=1S/C25H18Cl2N6OS2/c26-18-7-6-17(21(27)13-18)12-20-14-29-24(36-20)30-22(34)15-35-25-32-31-23(16-8-10-28-11-9-16)33(25)19-4-2-1-3-5-19/h1-11,13-14H,12,15H2,(H,29,30,34). The second kappa shape index (κ2) is 11.2. The number of benzene rings is 2. The van der Waals surface area contributed by atoms with Gasteiger partial charge in [0, 0.05) is 51.2 Å². The van der Waals surface area contributed by atoms with Crippen LogP contribution in [0.2, 0.25) is 10.0 Å². The first-order valence-electron chi connectivity index (χ1n) is 10.8. The third-order valence-electron chi connectivity index (χ3n) is 5.10. The number of carbonyl (C=O) groups is 1. The number of nitrogens with zero attached hydrogens (tertiary/aromatic N) is 5. The molecule has 7 nitrogen and oxygen atoms in total. The molecular weight excluding hydrogens is 535 g/mol. The summed E-state index contributed by atoms with van der Waals surface area (Å²) in [4.78, 5) is 22.1. The summed E-state index contributed by atoms with van der Waals surface area (Å²) in [5.74, 6) is 0.648. The minimum atomic E-state index is -0.182. The van der Waals surface area contributed by atoms with Gasteiger partial charge in [-0.2, -0.15) is 0 Å². The topological polar surface area (TPSA) is 85.6 Å². The van der Waals surface area contributed by atoms with Gasteiger partial charge < -0.3 is 5.32 Å². The molecule has 0 unspecified atom stereocenters. The van der Waals surface area contributed by atoms with Crippen molar-refractivity contribution < 1.29 is 4.79 Å². The Morgan fingerprint density at radius 2 is 1.83 bits per heavy atom. The molecule has 0 radical (unpaired) electrons. The number of anilines is 1. The molecule has 3 heterocycles. The van der Waals surface area contributed by atoms with Gasteiger partial charge in [-0.3, -0.25) is 14.3 Å². The van der Waals surface area contributed by atoms with Crippen LogP contribution >= 0.6 is 46.3 Å². The number of hydrogen-bond donors (Lipinski definition) is 1. The molecule has 5 aromatic rings. The van der Waals surface area contributed by atoms with Gasteiger partial charge >= 0.3 is 0 Å². The normalized spacial score (nSPS) is 10.9. The van der Waals surface area contributed by atoms with Crippen molar-refractivity contribution in [1.82, 2.24) is 24.7 Å². The van der Waals surface area contributed by atoms with Crippen LogP contribution in [-0.4, -0.2) is 36.4 Å². The lowest BCUT2D eigenvalue weighted by Gasteiger charge is -2.10. The smallest absolute Gasteiger partial charge is 0.236 e. The van der Waals surface area contributed by atoms with E-state index in [0.717, 1.165) is 21.7 Å². The van der Waals surface area contributed by atoms with Crippen molar-refractivity contribution in [2.45, 2.75) is 11.6 Å². The van der Waals surface area contributed by atoms with Gasteiger partial charge in [-0.1, -0.05) is 59.2 Å². The van der Waals surface area contributed by atoms with Crippen LogP contribution in [0.1, 0.15) is 10.4 Å². The summed E-state index contributed by atoms with van der Waals surface area (Å²) in [7, 11) is 0. The molecule has 0 spiro atoms. The number of pyridine rings is 1. The van der Waals surface area contributed by atoms with Crippen molar-refractivity contribution in [2.24, 2.45) is 0 Å². The number of rotatable bonds is 8. The Balaban J connectivity index is 1.27. The quantitative estimate of drug-likeness (QED) is 0.224. The fourth-order valence-electron chi connectivity index (χ4n) is 3.45. The highest BCUT2D eigenvalue weighted by atomic mass is 35.5. The Labute approximate surface area is 225 Å². The minimum absolute atomic E-state index is 0.152. The first-order valence-corrected chi connectivity index (χ1v) is 13.3. The number of thiazole rings is 1. The molecule has 2 aromatic carbocycles. The zero-order chi connectivity index (χ0) is 24.9. The van der Waals surface area contributed by atoms with Crippen molar-refractivity contribution in [3.8, 4) is 17.1 Å². The predicted octanol–water partition coefficient (Wildman–Crippen LogP) is 6.41. The highest BCUT2D eigenvalue weighted by Gasteiger charge is 2.18. The zero-order valence-corrected chi connectivity index (χ0v) is 21.8. The number of carbonyl (C=O) groups excluding carboxylic acids is 1. The summed E-state index contributed by atoms with van der Waals surface area (Å²) in [6, 6.07) is 19.0. The molecule has 0 bridgehead atoms. The molecule has 0 aliphatic carbocycles. The monoisotopic (exact) mass is 552 g/mol. The van der Waals surface area contributed by atoms with E-state index in [-0.39, 0.29) is 11.7 Å². The van der Waals surface area contributed by atoms with Gasteiger partial charge in [-0.25, -0.2) is 4.98 Å². The Morgan fingerprint density at radius 1 is 1.03 bits per heavy atom. The van der Waals surface area contributed by atoms with Crippen LogP contribution in [-0.2, 0) is 11.2 Å². The largest absolute Gasteiger partial charge is 0.301 e. The fraction of sp³-hybridized carbons (Fsp3) is 0.0800. The van der Waals surface area contributed by atoms with E-state index < -0.39 is 0 Å². The van der Waals surface area contributed by atoms with Crippen molar-refractivity contribution in [1.29, 1.82) is 0 Å². The van der Waals surface area contributed by atoms with E-state index in [1.807, 2.05) is 53.1 Å². The first kappa shape index (κ1) is 24.5. The average Bonchev–Trinajstić information content (AvgIpc) is 3.52. The van der Waals surface area contributed by atoms with E-state index in [0.29, 0.717) is 32.6 Å². The summed E-state index contributed by atoms with van der Waals surface area (Å²) in [6.45, 7) is 0. The Hall–Kier alpha value is -3.24. The van der Waals surface area contributed by atoms with Gasteiger partial charge in [0.05, 0.1) is 5.75 Å². The van der Waals surface area contributed by atoms with Crippen molar-refractivity contribution in [3.63, 3.8) is 0 Å². The van der Waals surface area contributed by atoms with E-state index >= 15 is 0 Å². The predicted molar refractivity (Wildman–Crippen MR) is 145 cm³/mol. The van der Waals surface area contributed by atoms with Crippen LogP contribution in [0.3, 0.4) is 0 Å². The Morgan fingerprint density at radius 3 is 2.61 bits per heavy atom. The number of para-hydroxylation sites is 1. The lowest BCUT2D eigenvalue weighted by Crippen LogP contribution is -2.14. The maximum atomic E-state index is 12.7. The highest BCUT2D eigenvalue weighted by molar-refractivity contribution is 7.99. The molecule has 0 aliphatic rings.